The molecule has 0 heterocycles. The molecule has 0 saturated carbocycles. The zero-order chi connectivity index (χ0) is 12.8. The van der Waals surface area contributed by atoms with E-state index in [1.54, 1.807) is 6.08 Å². The minimum atomic E-state index is -0.415. The largest absolute Gasteiger partial charge is 0.397 e. The first-order chi connectivity index (χ1) is 8.00. The molecule has 0 saturated heterocycles. The Morgan fingerprint density at radius 3 is 2.94 bits per heavy atom. The lowest BCUT2D eigenvalue weighted by Gasteiger charge is -2.03. The fourth-order valence-corrected chi connectivity index (χ4v) is 1.98. The van der Waals surface area contributed by atoms with E-state index in [0.717, 1.165) is 6.42 Å². The first kappa shape index (κ1) is 14.1. The molecule has 0 radical (unpaired) electrons. The molecule has 0 fully saturated rings. The molecule has 0 aliphatic carbocycles. The Morgan fingerprint density at radius 1 is 1.59 bits per heavy atom. The highest BCUT2D eigenvalue weighted by Gasteiger charge is 2.03. The van der Waals surface area contributed by atoms with Gasteiger partial charge in [-0.05, 0) is 18.6 Å². The summed E-state index contributed by atoms with van der Waals surface area (Å²) in [6, 6.07) is 2.51. The zero-order valence-electron chi connectivity index (χ0n) is 9.37. The van der Waals surface area contributed by atoms with Crippen LogP contribution >= 0.6 is 23.4 Å². The highest BCUT2D eigenvalue weighted by molar-refractivity contribution is 8.13. The summed E-state index contributed by atoms with van der Waals surface area (Å²) in [5.74, 6) is 0.288. The van der Waals surface area contributed by atoms with E-state index in [2.05, 4.69) is 0 Å². The predicted molar refractivity (Wildman–Crippen MR) is 72.6 cm³/mol. The lowest BCUT2D eigenvalue weighted by atomic mass is 10.1. The number of nitrogens with two attached hydrogens (primary N) is 1. The Balaban J connectivity index is 2.62. The van der Waals surface area contributed by atoms with Crippen molar-refractivity contribution in [1.82, 2.24) is 0 Å². The number of hydrogen-bond acceptors (Lipinski definition) is 3. The summed E-state index contributed by atoms with van der Waals surface area (Å²) in [4.78, 5) is 10.7. The molecule has 5 heteroatoms. The van der Waals surface area contributed by atoms with E-state index in [1.165, 1.54) is 30.8 Å². The second-order valence-electron chi connectivity index (χ2n) is 3.42. The lowest BCUT2D eigenvalue weighted by Crippen LogP contribution is -1.92. The van der Waals surface area contributed by atoms with Gasteiger partial charge in [-0.25, -0.2) is 4.39 Å². The molecule has 1 rings (SSSR count). The van der Waals surface area contributed by atoms with Gasteiger partial charge in [0.1, 0.15) is 5.82 Å². The van der Waals surface area contributed by atoms with Crippen LogP contribution in [0, 0.1) is 5.82 Å². The van der Waals surface area contributed by atoms with Crippen molar-refractivity contribution < 1.29 is 9.18 Å². The van der Waals surface area contributed by atoms with Gasteiger partial charge >= 0.3 is 0 Å². The fraction of sp³-hybridized carbons (Fsp3) is 0.250. The van der Waals surface area contributed by atoms with Crippen molar-refractivity contribution in [3.63, 3.8) is 0 Å². The van der Waals surface area contributed by atoms with Crippen molar-refractivity contribution in [3.8, 4) is 0 Å². The van der Waals surface area contributed by atoms with Crippen LogP contribution in [0.5, 0.6) is 0 Å². The minimum absolute atomic E-state index is 0.0895. The van der Waals surface area contributed by atoms with Crippen LogP contribution < -0.4 is 5.73 Å². The maximum atomic E-state index is 13.1. The predicted octanol–water partition coefficient (Wildman–Crippen LogP) is 3.74. The molecule has 0 aromatic heterocycles. The summed E-state index contributed by atoms with van der Waals surface area (Å²) in [7, 11) is 0. The summed E-state index contributed by atoms with van der Waals surface area (Å²) < 4.78 is 13.1. The number of nitrogen functional groups attached to an aromatic ring is 1. The molecule has 2 N–H and O–H groups in total. The average molecular weight is 274 g/mol. The summed E-state index contributed by atoms with van der Waals surface area (Å²) in [6.07, 6.45) is 4.28. The van der Waals surface area contributed by atoms with E-state index in [4.69, 9.17) is 17.3 Å². The van der Waals surface area contributed by atoms with E-state index < -0.39 is 5.82 Å². The highest BCUT2D eigenvalue weighted by atomic mass is 35.5. The summed E-state index contributed by atoms with van der Waals surface area (Å²) in [5.41, 5.74) is 6.63. The van der Waals surface area contributed by atoms with Gasteiger partial charge in [-0.2, -0.15) is 0 Å². The summed E-state index contributed by atoms with van der Waals surface area (Å²) >= 11 is 7.01. The third kappa shape index (κ3) is 4.79. The van der Waals surface area contributed by atoms with Gasteiger partial charge in [0.15, 0.2) is 5.12 Å². The van der Waals surface area contributed by atoms with Gasteiger partial charge in [-0.3, -0.25) is 4.79 Å². The SMILES string of the molecule is CC(=O)SCCC=Cc1cc(F)cc(Cl)c1N. The Kier molecular flexibility index (Phi) is 5.51. The number of carbonyl (C=O) groups is 1. The van der Waals surface area contributed by atoms with Crippen LogP contribution in [-0.4, -0.2) is 10.9 Å². The average Bonchev–Trinajstić information content (AvgIpc) is 2.23. The van der Waals surface area contributed by atoms with E-state index in [1.807, 2.05) is 6.08 Å². The maximum absolute atomic E-state index is 13.1. The molecule has 2 nitrogen and oxygen atoms in total. The van der Waals surface area contributed by atoms with Crippen LogP contribution in [0.25, 0.3) is 6.08 Å². The second kappa shape index (κ2) is 6.67. The molecule has 0 unspecified atom stereocenters. The molecule has 0 bridgehead atoms. The molecule has 92 valence electrons. The molecule has 0 aliphatic rings. The van der Waals surface area contributed by atoms with Crippen LogP contribution in [0.4, 0.5) is 10.1 Å². The molecular weight excluding hydrogens is 261 g/mol. The second-order valence-corrected chi connectivity index (χ2v) is 5.10. The molecule has 0 spiro atoms. The standard InChI is InChI=1S/C12H13ClFNOS/c1-8(16)17-5-3-2-4-9-6-10(14)7-11(13)12(9)15/h2,4,6-7H,3,5,15H2,1H3. The van der Waals surface area contributed by atoms with Gasteiger partial charge in [0.25, 0.3) is 0 Å². The van der Waals surface area contributed by atoms with Crippen molar-refractivity contribution in [3.05, 3.63) is 34.6 Å². The number of anilines is 1. The summed E-state index contributed by atoms with van der Waals surface area (Å²) in [5, 5.41) is 0.300. The molecule has 1 aromatic rings. The van der Waals surface area contributed by atoms with E-state index in [9.17, 15) is 9.18 Å². The van der Waals surface area contributed by atoms with Crippen LogP contribution in [0.2, 0.25) is 5.02 Å². The lowest BCUT2D eigenvalue weighted by molar-refractivity contribution is -0.109. The third-order valence-electron chi connectivity index (χ3n) is 2.01. The van der Waals surface area contributed by atoms with Gasteiger partial charge in [0.05, 0.1) is 10.7 Å². The Hall–Kier alpha value is -1.00. The number of rotatable bonds is 4. The molecule has 0 atom stereocenters. The van der Waals surface area contributed by atoms with Gasteiger partial charge < -0.3 is 5.73 Å². The number of thioether (sulfide) groups is 1. The maximum Gasteiger partial charge on any atom is 0.185 e. The molecular formula is C12H13ClFNOS. The summed E-state index contributed by atoms with van der Waals surface area (Å²) in [6.45, 7) is 1.53. The fourth-order valence-electron chi connectivity index (χ4n) is 1.22. The van der Waals surface area contributed by atoms with Crippen molar-refractivity contribution in [2.45, 2.75) is 13.3 Å². The van der Waals surface area contributed by atoms with Crippen molar-refractivity contribution >= 4 is 40.2 Å². The normalized spacial score (nSPS) is 11.0. The van der Waals surface area contributed by atoms with Crippen LogP contribution in [0.3, 0.4) is 0 Å². The minimum Gasteiger partial charge on any atom is -0.397 e. The molecule has 17 heavy (non-hydrogen) atoms. The van der Waals surface area contributed by atoms with Gasteiger partial charge in [0.2, 0.25) is 0 Å². The smallest absolute Gasteiger partial charge is 0.185 e. The van der Waals surface area contributed by atoms with Gasteiger partial charge in [-0.1, -0.05) is 35.5 Å². The third-order valence-corrected chi connectivity index (χ3v) is 3.17. The van der Waals surface area contributed by atoms with Gasteiger partial charge in [-0.15, -0.1) is 0 Å². The van der Waals surface area contributed by atoms with Crippen LogP contribution in [0.15, 0.2) is 18.2 Å². The topological polar surface area (TPSA) is 43.1 Å². The zero-order valence-corrected chi connectivity index (χ0v) is 10.9. The van der Waals surface area contributed by atoms with E-state index >= 15 is 0 Å². The monoisotopic (exact) mass is 273 g/mol. The quantitative estimate of drug-likeness (QED) is 0.671. The highest BCUT2D eigenvalue weighted by Crippen LogP contribution is 2.25. The van der Waals surface area contributed by atoms with Crippen molar-refractivity contribution in [2.75, 3.05) is 11.5 Å². The number of carbonyl (C=O) groups excluding carboxylic acids is 1. The Morgan fingerprint density at radius 2 is 2.29 bits per heavy atom. The first-order valence-corrected chi connectivity index (χ1v) is 6.41. The van der Waals surface area contributed by atoms with Crippen molar-refractivity contribution in [2.24, 2.45) is 0 Å². The molecule has 0 aliphatic heterocycles. The number of hydrogen-bond donors (Lipinski definition) is 1. The Bertz CT molecular complexity index is 448. The first-order valence-electron chi connectivity index (χ1n) is 5.05. The number of allylic oxidation sites excluding steroid dienone is 1. The molecule has 0 amide bonds. The van der Waals surface area contributed by atoms with E-state index in [0.29, 0.717) is 17.0 Å². The van der Waals surface area contributed by atoms with Crippen LogP contribution in [-0.2, 0) is 4.79 Å². The number of halogens is 2. The van der Waals surface area contributed by atoms with Crippen molar-refractivity contribution in [1.29, 1.82) is 0 Å². The van der Waals surface area contributed by atoms with Gasteiger partial charge in [0, 0.05) is 18.2 Å². The molecule has 1 aromatic carbocycles. The van der Waals surface area contributed by atoms with Crippen LogP contribution in [0.1, 0.15) is 18.9 Å². The Labute approximate surface area is 109 Å². The van der Waals surface area contributed by atoms with E-state index in [-0.39, 0.29) is 10.1 Å². The number of benzene rings is 1.